The van der Waals surface area contributed by atoms with Gasteiger partial charge in [0.25, 0.3) is 5.91 Å². The first kappa shape index (κ1) is 25.6. The van der Waals surface area contributed by atoms with Gasteiger partial charge in [-0.2, -0.15) is 0 Å². The number of carbonyl (C=O) groups is 1. The Hall–Kier alpha value is -3.64. The van der Waals surface area contributed by atoms with Gasteiger partial charge in [0.05, 0.1) is 11.8 Å². The Morgan fingerprint density at radius 2 is 1.59 bits per heavy atom. The predicted molar refractivity (Wildman–Crippen MR) is 155 cm³/mol. The zero-order chi connectivity index (χ0) is 26.8. The summed E-state index contributed by atoms with van der Waals surface area (Å²) in [5.41, 5.74) is 10.00. The smallest absolute Gasteiger partial charge is 0.251 e. The number of nitrogens with two attached hydrogens (primary N) is 1. The number of likely N-dealkylation sites (tertiary alicyclic amines) is 1. The van der Waals surface area contributed by atoms with Crippen molar-refractivity contribution in [2.24, 2.45) is 5.92 Å². The standard InChI is InChI=1S/C33H38N4O2/c34-30-16-13-25(33(38)36-32(24-9-10-24)23-5-2-1-3-6-23)21-29(30)31(35)22-11-14-27(15-12-22)39-28-17-19-37(20-18-28)26-7-4-8-26/h1-3,5-6,11-16,21,24,26,28,32,35H,4,7-10,17-20,34H2,(H,36,38). The molecule has 0 bridgehead atoms. The van der Waals surface area contributed by atoms with Crippen LogP contribution >= 0.6 is 0 Å². The fraction of sp³-hybridized carbons (Fsp3) is 0.394. The van der Waals surface area contributed by atoms with Crippen LogP contribution in [0.3, 0.4) is 0 Å². The predicted octanol–water partition coefficient (Wildman–Crippen LogP) is 5.96. The van der Waals surface area contributed by atoms with E-state index in [1.165, 1.54) is 19.3 Å². The van der Waals surface area contributed by atoms with Crippen molar-refractivity contribution in [1.29, 1.82) is 5.41 Å². The molecule has 3 aliphatic rings. The van der Waals surface area contributed by atoms with E-state index in [-0.39, 0.29) is 18.1 Å². The van der Waals surface area contributed by atoms with E-state index in [4.69, 9.17) is 15.9 Å². The highest BCUT2D eigenvalue weighted by Crippen LogP contribution is 2.41. The summed E-state index contributed by atoms with van der Waals surface area (Å²) in [6.07, 6.45) is 8.69. The van der Waals surface area contributed by atoms with Crippen LogP contribution in [0.25, 0.3) is 0 Å². The molecular weight excluding hydrogens is 484 g/mol. The van der Waals surface area contributed by atoms with Crippen LogP contribution < -0.4 is 15.8 Å². The van der Waals surface area contributed by atoms with E-state index in [1.54, 1.807) is 18.2 Å². The Kier molecular flexibility index (Phi) is 7.38. The van der Waals surface area contributed by atoms with Crippen LogP contribution in [0.5, 0.6) is 5.75 Å². The molecule has 6 rings (SSSR count). The molecule has 6 heteroatoms. The normalized spacial score (nSPS) is 19.2. The van der Waals surface area contributed by atoms with E-state index in [0.717, 1.165) is 61.7 Å². The molecule has 6 nitrogen and oxygen atoms in total. The van der Waals surface area contributed by atoms with E-state index < -0.39 is 0 Å². The number of piperidine rings is 1. The van der Waals surface area contributed by atoms with Crippen molar-refractivity contribution in [3.8, 4) is 5.75 Å². The van der Waals surface area contributed by atoms with Crippen molar-refractivity contribution in [3.05, 3.63) is 95.1 Å². The van der Waals surface area contributed by atoms with Crippen LogP contribution in [0.15, 0.2) is 72.8 Å². The summed E-state index contributed by atoms with van der Waals surface area (Å²) in [5, 5.41) is 12.1. The number of rotatable bonds is 9. The molecular formula is C33H38N4O2. The van der Waals surface area contributed by atoms with Crippen molar-refractivity contribution < 1.29 is 9.53 Å². The third kappa shape index (κ3) is 5.86. The van der Waals surface area contributed by atoms with Crippen molar-refractivity contribution in [2.75, 3.05) is 18.8 Å². The van der Waals surface area contributed by atoms with Gasteiger partial charge in [0.1, 0.15) is 11.9 Å². The van der Waals surface area contributed by atoms with Crippen molar-refractivity contribution >= 4 is 17.3 Å². The molecule has 2 aliphatic carbocycles. The largest absolute Gasteiger partial charge is 0.490 e. The Morgan fingerprint density at radius 1 is 0.897 bits per heavy atom. The molecule has 4 N–H and O–H groups in total. The summed E-state index contributed by atoms with van der Waals surface area (Å²) in [6, 6.07) is 23.8. The Bertz CT molecular complexity index is 1310. The SMILES string of the molecule is N=C(c1ccc(OC2CCN(C3CCC3)CC2)cc1)c1cc(C(=O)NC(c2ccccc2)C2CC2)ccc1N. The summed E-state index contributed by atoms with van der Waals surface area (Å²) in [4.78, 5) is 15.9. The van der Waals surface area contributed by atoms with Crippen LogP contribution in [0.4, 0.5) is 5.69 Å². The molecule has 0 aromatic heterocycles. The quantitative estimate of drug-likeness (QED) is 0.239. The summed E-state index contributed by atoms with van der Waals surface area (Å²) < 4.78 is 6.27. The molecule has 1 aliphatic heterocycles. The molecule has 1 atom stereocenters. The zero-order valence-corrected chi connectivity index (χ0v) is 22.4. The second-order valence-corrected chi connectivity index (χ2v) is 11.3. The highest BCUT2D eigenvalue weighted by Gasteiger charge is 2.33. The van der Waals surface area contributed by atoms with Crippen LogP contribution in [0.1, 0.15) is 78.0 Å². The second kappa shape index (κ2) is 11.2. The maximum absolute atomic E-state index is 13.3. The lowest BCUT2D eigenvalue weighted by Gasteiger charge is -2.41. The minimum Gasteiger partial charge on any atom is -0.490 e. The van der Waals surface area contributed by atoms with Gasteiger partial charge in [0, 0.05) is 41.5 Å². The average Bonchev–Trinajstić information content (AvgIpc) is 3.78. The highest BCUT2D eigenvalue weighted by molar-refractivity contribution is 6.14. The van der Waals surface area contributed by atoms with E-state index >= 15 is 0 Å². The molecule has 0 radical (unpaired) electrons. The maximum Gasteiger partial charge on any atom is 0.251 e. The van der Waals surface area contributed by atoms with Crippen LogP contribution in [0.2, 0.25) is 0 Å². The lowest BCUT2D eigenvalue weighted by molar-refractivity contribution is 0.0493. The molecule has 3 aromatic carbocycles. The molecule has 1 heterocycles. The summed E-state index contributed by atoms with van der Waals surface area (Å²) in [5.74, 6) is 1.16. The monoisotopic (exact) mass is 522 g/mol. The van der Waals surface area contributed by atoms with Gasteiger partial charge in [-0.25, -0.2) is 0 Å². The Balaban J connectivity index is 1.10. The number of nitrogens with one attached hydrogen (secondary N) is 2. The topological polar surface area (TPSA) is 91.4 Å². The van der Waals surface area contributed by atoms with E-state index in [1.807, 2.05) is 42.5 Å². The van der Waals surface area contributed by atoms with Crippen molar-refractivity contribution in [2.45, 2.75) is 63.1 Å². The molecule has 0 spiro atoms. The first-order valence-electron chi connectivity index (χ1n) is 14.4. The fourth-order valence-electron chi connectivity index (χ4n) is 5.86. The van der Waals surface area contributed by atoms with Crippen LogP contribution in [-0.4, -0.2) is 41.8 Å². The van der Waals surface area contributed by atoms with Gasteiger partial charge in [0.2, 0.25) is 0 Å². The van der Waals surface area contributed by atoms with Crippen molar-refractivity contribution in [3.63, 3.8) is 0 Å². The molecule has 3 fully saturated rings. The Morgan fingerprint density at radius 3 is 2.23 bits per heavy atom. The number of hydrogen-bond acceptors (Lipinski definition) is 5. The van der Waals surface area contributed by atoms with Gasteiger partial charge in [-0.3, -0.25) is 10.2 Å². The van der Waals surface area contributed by atoms with E-state index in [9.17, 15) is 4.79 Å². The minimum absolute atomic E-state index is 0.00264. The first-order valence-corrected chi connectivity index (χ1v) is 14.4. The van der Waals surface area contributed by atoms with Gasteiger partial charge in [0.15, 0.2) is 0 Å². The number of nitrogen functional groups attached to an aromatic ring is 1. The molecule has 3 aromatic rings. The molecule has 202 valence electrons. The Labute approximate surface area is 231 Å². The lowest BCUT2D eigenvalue weighted by Crippen LogP contribution is -2.46. The number of amides is 1. The number of benzene rings is 3. The molecule has 2 saturated carbocycles. The van der Waals surface area contributed by atoms with Gasteiger partial charge < -0.3 is 20.7 Å². The third-order valence-corrected chi connectivity index (χ3v) is 8.64. The zero-order valence-electron chi connectivity index (χ0n) is 22.4. The molecule has 1 unspecified atom stereocenters. The molecule has 1 amide bonds. The van der Waals surface area contributed by atoms with Crippen LogP contribution in [-0.2, 0) is 0 Å². The van der Waals surface area contributed by atoms with Crippen LogP contribution in [0, 0.1) is 11.3 Å². The number of hydrogen-bond donors (Lipinski definition) is 3. The van der Waals surface area contributed by atoms with Crippen molar-refractivity contribution in [1.82, 2.24) is 10.2 Å². The van der Waals surface area contributed by atoms with E-state index in [2.05, 4.69) is 22.3 Å². The lowest BCUT2D eigenvalue weighted by atomic mass is 9.90. The van der Waals surface area contributed by atoms with Gasteiger partial charge in [-0.15, -0.1) is 0 Å². The second-order valence-electron chi connectivity index (χ2n) is 11.3. The number of nitrogens with zero attached hydrogens (tertiary/aromatic N) is 1. The highest BCUT2D eigenvalue weighted by atomic mass is 16.5. The molecule has 39 heavy (non-hydrogen) atoms. The minimum atomic E-state index is -0.142. The maximum atomic E-state index is 13.3. The molecule has 1 saturated heterocycles. The number of carbonyl (C=O) groups excluding carboxylic acids is 1. The summed E-state index contributed by atoms with van der Waals surface area (Å²) in [7, 11) is 0. The average molecular weight is 523 g/mol. The first-order chi connectivity index (χ1) is 19.0. The fourth-order valence-corrected chi connectivity index (χ4v) is 5.86. The number of anilines is 1. The van der Waals surface area contributed by atoms with Gasteiger partial charge in [-0.1, -0.05) is 36.8 Å². The van der Waals surface area contributed by atoms with Gasteiger partial charge >= 0.3 is 0 Å². The van der Waals surface area contributed by atoms with E-state index in [0.29, 0.717) is 28.4 Å². The number of ether oxygens (including phenoxy) is 1. The summed E-state index contributed by atoms with van der Waals surface area (Å²) >= 11 is 0. The third-order valence-electron chi connectivity index (χ3n) is 8.64. The van der Waals surface area contributed by atoms with Gasteiger partial charge in [-0.05, 0) is 92.5 Å². The summed E-state index contributed by atoms with van der Waals surface area (Å²) in [6.45, 7) is 2.24.